The summed E-state index contributed by atoms with van der Waals surface area (Å²) in [6, 6.07) is 1.29. The predicted molar refractivity (Wildman–Crippen MR) is 69.1 cm³/mol. The van der Waals surface area contributed by atoms with Gasteiger partial charge in [-0.1, -0.05) is 11.6 Å². The van der Waals surface area contributed by atoms with Gasteiger partial charge in [0.25, 0.3) is 0 Å². The first-order chi connectivity index (χ1) is 7.65. The predicted octanol–water partition coefficient (Wildman–Crippen LogP) is 2.37. The van der Waals surface area contributed by atoms with Crippen LogP contribution in [0.15, 0.2) is 6.20 Å². The van der Waals surface area contributed by atoms with Crippen LogP contribution in [0.2, 0.25) is 4.34 Å². The van der Waals surface area contributed by atoms with Crippen molar-refractivity contribution >= 4 is 22.9 Å². The van der Waals surface area contributed by atoms with Gasteiger partial charge >= 0.3 is 0 Å². The van der Waals surface area contributed by atoms with E-state index in [0.29, 0.717) is 12.1 Å². The molecule has 2 heterocycles. The number of aromatic nitrogens is 1. The molecule has 2 atom stereocenters. The minimum Gasteiger partial charge on any atom is -0.308 e. The molecule has 0 amide bonds. The third kappa shape index (κ3) is 3.17. The van der Waals surface area contributed by atoms with E-state index in [-0.39, 0.29) is 0 Å². The zero-order chi connectivity index (χ0) is 11.5. The number of hydrogen-bond donors (Lipinski definition) is 1. The Morgan fingerprint density at radius 3 is 3.12 bits per heavy atom. The van der Waals surface area contributed by atoms with Crippen molar-refractivity contribution in [2.75, 3.05) is 13.6 Å². The zero-order valence-corrected chi connectivity index (χ0v) is 11.3. The summed E-state index contributed by atoms with van der Waals surface area (Å²) in [5.74, 6) is 0. The van der Waals surface area contributed by atoms with Gasteiger partial charge in [0.15, 0.2) is 0 Å². The first-order valence-corrected chi connectivity index (χ1v) is 6.88. The fourth-order valence-corrected chi connectivity index (χ4v) is 2.98. The molecule has 0 saturated carbocycles. The number of nitrogens with one attached hydrogen (secondary N) is 1. The Hall–Kier alpha value is -0.160. The van der Waals surface area contributed by atoms with E-state index in [9.17, 15) is 0 Å². The average molecular weight is 260 g/mol. The Kier molecular flexibility index (Phi) is 4.19. The number of halogens is 1. The fraction of sp³-hybridized carbons (Fsp3) is 0.727. The molecule has 2 unspecified atom stereocenters. The van der Waals surface area contributed by atoms with Gasteiger partial charge in [0.2, 0.25) is 0 Å². The van der Waals surface area contributed by atoms with Gasteiger partial charge < -0.3 is 10.2 Å². The maximum atomic E-state index is 5.85. The molecule has 1 N–H and O–H groups in total. The molecule has 1 fully saturated rings. The Bertz CT molecular complexity index is 342. The molecule has 2 rings (SSSR count). The summed E-state index contributed by atoms with van der Waals surface area (Å²) < 4.78 is 0.772. The van der Waals surface area contributed by atoms with Crippen LogP contribution in [-0.4, -0.2) is 35.6 Å². The summed E-state index contributed by atoms with van der Waals surface area (Å²) in [5, 5.41) is 4.64. The molecular weight excluding hydrogens is 242 g/mol. The Balaban J connectivity index is 1.78. The van der Waals surface area contributed by atoms with Crippen molar-refractivity contribution in [2.45, 2.75) is 38.4 Å². The second kappa shape index (κ2) is 5.45. The van der Waals surface area contributed by atoms with Crippen LogP contribution in [0.1, 0.15) is 24.8 Å². The highest BCUT2D eigenvalue weighted by Crippen LogP contribution is 2.19. The number of piperidine rings is 1. The van der Waals surface area contributed by atoms with Gasteiger partial charge in [-0.15, -0.1) is 11.3 Å². The molecule has 0 radical (unpaired) electrons. The first-order valence-electron chi connectivity index (χ1n) is 5.69. The van der Waals surface area contributed by atoms with Gasteiger partial charge in [0.1, 0.15) is 9.34 Å². The maximum Gasteiger partial charge on any atom is 0.113 e. The van der Waals surface area contributed by atoms with Gasteiger partial charge in [0, 0.05) is 18.6 Å². The molecule has 1 saturated heterocycles. The SMILES string of the molecule is CC1CC(NCc2ncc(Cl)s2)CCN1C. The van der Waals surface area contributed by atoms with E-state index in [4.69, 9.17) is 11.6 Å². The molecule has 0 aromatic carbocycles. The molecule has 90 valence electrons. The van der Waals surface area contributed by atoms with E-state index in [1.807, 2.05) is 0 Å². The minimum atomic E-state index is 0.619. The van der Waals surface area contributed by atoms with E-state index in [1.165, 1.54) is 19.4 Å². The second-order valence-corrected chi connectivity index (χ2v) is 6.24. The summed E-state index contributed by atoms with van der Waals surface area (Å²) in [5.41, 5.74) is 0. The maximum absolute atomic E-state index is 5.85. The Morgan fingerprint density at radius 1 is 1.69 bits per heavy atom. The highest BCUT2D eigenvalue weighted by Gasteiger charge is 2.22. The van der Waals surface area contributed by atoms with Crippen molar-refractivity contribution in [3.05, 3.63) is 15.5 Å². The molecule has 1 aliphatic heterocycles. The number of likely N-dealkylation sites (tertiary alicyclic amines) is 1. The van der Waals surface area contributed by atoms with Crippen molar-refractivity contribution in [3.63, 3.8) is 0 Å². The highest BCUT2D eigenvalue weighted by atomic mass is 35.5. The monoisotopic (exact) mass is 259 g/mol. The average Bonchev–Trinajstić information content (AvgIpc) is 2.66. The lowest BCUT2D eigenvalue weighted by Gasteiger charge is -2.35. The van der Waals surface area contributed by atoms with Crippen LogP contribution < -0.4 is 5.32 Å². The number of nitrogens with zero attached hydrogens (tertiary/aromatic N) is 2. The normalized spacial score (nSPS) is 27.2. The number of rotatable bonds is 3. The topological polar surface area (TPSA) is 28.2 Å². The minimum absolute atomic E-state index is 0.619. The van der Waals surface area contributed by atoms with Crippen molar-refractivity contribution < 1.29 is 0 Å². The molecule has 1 aromatic heterocycles. The molecule has 16 heavy (non-hydrogen) atoms. The lowest BCUT2D eigenvalue weighted by atomic mass is 9.99. The second-order valence-electron chi connectivity index (χ2n) is 4.49. The molecular formula is C11H18ClN3S. The fourth-order valence-electron chi connectivity index (χ4n) is 2.08. The summed E-state index contributed by atoms with van der Waals surface area (Å²) in [7, 11) is 2.20. The van der Waals surface area contributed by atoms with Crippen LogP contribution in [0.5, 0.6) is 0 Å². The van der Waals surface area contributed by atoms with Gasteiger partial charge in [0.05, 0.1) is 6.20 Å². The van der Waals surface area contributed by atoms with Crippen molar-refractivity contribution in [1.82, 2.24) is 15.2 Å². The zero-order valence-electron chi connectivity index (χ0n) is 9.74. The lowest BCUT2D eigenvalue weighted by Crippen LogP contribution is -2.45. The number of hydrogen-bond acceptors (Lipinski definition) is 4. The third-order valence-electron chi connectivity index (χ3n) is 3.28. The van der Waals surface area contributed by atoms with E-state index >= 15 is 0 Å². The van der Waals surface area contributed by atoms with Gasteiger partial charge in [-0.25, -0.2) is 4.98 Å². The van der Waals surface area contributed by atoms with Crippen LogP contribution >= 0.6 is 22.9 Å². The van der Waals surface area contributed by atoms with Gasteiger partial charge in [-0.05, 0) is 33.4 Å². The van der Waals surface area contributed by atoms with E-state index in [0.717, 1.165) is 15.9 Å². The van der Waals surface area contributed by atoms with E-state index in [2.05, 4.69) is 29.2 Å². The van der Waals surface area contributed by atoms with Gasteiger partial charge in [-0.2, -0.15) is 0 Å². The summed E-state index contributed by atoms with van der Waals surface area (Å²) in [6.07, 6.45) is 4.16. The van der Waals surface area contributed by atoms with E-state index < -0.39 is 0 Å². The molecule has 3 nitrogen and oxygen atoms in total. The highest BCUT2D eigenvalue weighted by molar-refractivity contribution is 7.15. The standard InChI is InChI=1S/C11H18ClN3S/c1-8-5-9(3-4-15(8)2)13-7-11-14-6-10(12)16-11/h6,8-9,13H,3-5,7H2,1-2H3. The number of thiazole rings is 1. The van der Waals surface area contributed by atoms with Crippen LogP contribution in [0, 0.1) is 0 Å². The van der Waals surface area contributed by atoms with E-state index in [1.54, 1.807) is 17.5 Å². The molecule has 1 aliphatic rings. The van der Waals surface area contributed by atoms with Crippen molar-refractivity contribution in [1.29, 1.82) is 0 Å². The largest absolute Gasteiger partial charge is 0.308 e. The summed E-state index contributed by atoms with van der Waals surface area (Å²) in [6.45, 7) is 4.31. The first kappa shape index (κ1) is 12.3. The lowest BCUT2D eigenvalue weighted by molar-refractivity contribution is 0.168. The molecule has 1 aromatic rings. The van der Waals surface area contributed by atoms with Crippen LogP contribution in [0.25, 0.3) is 0 Å². The molecule has 5 heteroatoms. The Morgan fingerprint density at radius 2 is 2.50 bits per heavy atom. The van der Waals surface area contributed by atoms with Crippen molar-refractivity contribution in [3.8, 4) is 0 Å². The van der Waals surface area contributed by atoms with Crippen molar-refractivity contribution in [2.24, 2.45) is 0 Å². The molecule has 0 spiro atoms. The van der Waals surface area contributed by atoms with Crippen LogP contribution in [0.3, 0.4) is 0 Å². The Labute approximate surface area is 106 Å². The molecule has 0 aliphatic carbocycles. The molecule has 0 bridgehead atoms. The third-order valence-corrected chi connectivity index (χ3v) is 4.39. The van der Waals surface area contributed by atoms with Crippen LogP contribution in [0.4, 0.5) is 0 Å². The summed E-state index contributed by atoms with van der Waals surface area (Å²) >= 11 is 7.40. The van der Waals surface area contributed by atoms with Crippen LogP contribution in [-0.2, 0) is 6.54 Å². The summed E-state index contributed by atoms with van der Waals surface area (Å²) in [4.78, 5) is 6.66. The quantitative estimate of drug-likeness (QED) is 0.903. The van der Waals surface area contributed by atoms with Gasteiger partial charge in [-0.3, -0.25) is 0 Å². The smallest absolute Gasteiger partial charge is 0.113 e.